The van der Waals surface area contributed by atoms with Gasteiger partial charge >= 0.3 is 0 Å². The molecule has 0 atom stereocenters. The summed E-state index contributed by atoms with van der Waals surface area (Å²) in [6.45, 7) is 1.62. The Morgan fingerprint density at radius 3 is 2.83 bits per heavy atom. The van der Waals surface area contributed by atoms with E-state index in [1.54, 1.807) is 13.2 Å². The molecule has 1 saturated carbocycles. The standard InChI is InChI=1S/C12H17N3O3/c1-18-7-6-12(4-5-12)9-14-11-3-2-10(8-13-11)15(16)17/h2-3,8H,4-7,9H2,1H3,(H,13,14). The van der Waals surface area contributed by atoms with Gasteiger partial charge in [-0.15, -0.1) is 0 Å². The van der Waals surface area contributed by atoms with Gasteiger partial charge in [-0.3, -0.25) is 10.1 Å². The van der Waals surface area contributed by atoms with Gasteiger partial charge in [-0.1, -0.05) is 0 Å². The fraction of sp³-hybridized carbons (Fsp3) is 0.583. The molecule has 1 fully saturated rings. The summed E-state index contributed by atoms with van der Waals surface area (Å²) in [5.41, 5.74) is 0.348. The molecular weight excluding hydrogens is 234 g/mol. The second-order valence-corrected chi connectivity index (χ2v) is 4.76. The molecule has 0 aliphatic heterocycles. The second kappa shape index (κ2) is 5.30. The monoisotopic (exact) mass is 251 g/mol. The number of anilines is 1. The lowest BCUT2D eigenvalue weighted by Gasteiger charge is -2.15. The van der Waals surface area contributed by atoms with Gasteiger partial charge in [-0.05, 0) is 30.7 Å². The van der Waals surface area contributed by atoms with Gasteiger partial charge in [-0.25, -0.2) is 4.98 Å². The van der Waals surface area contributed by atoms with E-state index in [1.165, 1.54) is 25.1 Å². The normalized spacial score (nSPS) is 16.3. The summed E-state index contributed by atoms with van der Waals surface area (Å²) in [5, 5.41) is 13.7. The first-order valence-electron chi connectivity index (χ1n) is 5.98. The predicted octanol–water partition coefficient (Wildman–Crippen LogP) is 2.22. The Bertz CT molecular complexity index is 415. The van der Waals surface area contributed by atoms with E-state index in [9.17, 15) is 10.1 Å². The van der Waals surface area contributed by atoms with Crippen molar-refractivity contribution in [1.29, 1.82) is 0 Å². The van der Waals surface area contributed by atoms with Crippen molar-refractivity contribution in [3.05, 3.63) is 28.4 Å². The van der Waals surface area contributed by atoms with Gasteiger partial charge in [0.15, 0.2) is 0 Å². The van der Waals surface area contributed by atoms with Crippen molar-refractivity contribution in [3.8, 4) is 0 Å². The Morgan fingerprint density at radius 1 is 1.56 bits per heavy atom. The number of hydrogen-bond acceptors (Lipinski definition) is 5. The van der Waals surface area contributed by atoms with Crippen LogP contribution in [0.4, 0.5) is 11.5 Å². The molecule has 1 aliphatic carbocycles. The number of nitro groups is 1. The second-order valence-electron chi connectivity index (χ2n) is 4.76. The summed E-state index contributed by atoms with van der Waals surface area (Å²) in [6, 6.07) is 3.11. The molecule has 0 unspecified atom stereocenters. The molecule has 1 aliphatic rings. The van der Waals surface area contributed by atoms with Crippen molar-refractivity contribution in [1.82, 2.24) is 4.98 Å². The van der Waals surface area contributed by atoms with Crippen LogP contribution in [-0.4, -0.2) is 30.2 Å². The van der Waals surface area contributed by atoms with E-state index < -0.39 is 4.92 Å². The van der Waals surface area contributed by atoms with Gasteiger partial charge in [0.25, 0.3) is 5.69 Å². The van der Waals surface area contributed by atoms with Crippen LogP contribution in [0, 0.1) is 15.5 Å². The molecule has 0 amide bonds. The molecule has 18 heavy (non-hydrogen) atoms. The number of pyridine rings is 1. The molecular formula is C12H17N3O3. The number of hydrogen-bond donors (Lipinski definition) is 1. The lowest BCUT2D eigenvalue weighted by molar-refractivity contribution is -0.385. The third-order valence-corrected chi connectivity index (χ3v) is 3.40. The minimum absolute atomic E-state index is 0.0149. The van der Waals surface area contributed by atoms with Crippen LogP contribution >= 0.6 is 0 Å². The van der Waals surface area contributed by atoms with Crippen LogP contribution in [0.25, 0.3) is 0 Å². The van der Waals surface area contributed by atoms with Gasteiger partial charge in [-0.2, -0.15) is 0 Å². The Labute approximate surface area is 106 Å². The Hall–Kier alpha value is -1.69. The highest BCUT2D eigenvalue weighted by Gasteiger charge is 2.41. The summed E-state index contributed by atoms with van der Waals surface area (Å²) in [5.74, 6) is 0.685. The molecule has 0 saturated heterocycles. The maximum Gasteiger partial charge on any atom is 0.287 e. The van der Waals surface area contributed by atoms with E-state index in [4.69, 9.17) is 4.74 Å². The average molecular weight is 251 g/mol. The van der Waals surface area contributed by atoms with Crippen molar-refractivity contribution in [2.75, 3.05) is 25.6 Å². The molecule has 98 valence electrons. The van der Waals surface area contributed by atoms with E-state index in [1.807, 2.05) is 0 Å². The van der Waals surface area contributed by atoms with Crippen LogP contribution in [0.1, 0.15) is 19.3 Å². The van der Waals surface area contributed by atoms with Crippen LogP contribution in [-0.2, 0) is 4.74 Å². The predicted molar refractivity (Wildman–Crippen MR) is 67.5 cm³/mol. The maximum atomic E-state index is 10.5. The molecule has 1 N–H and O–H groups in total. The summed E-state index contributed by atoms with van der Waals surface area (Å²) in [7, 11) is 1.71. The molecule has 0 bridgehead atoms. The highest BCUT2D eigenvalue weighted by Crippen LogP contribution is 2.48. The first-order valence-corrected chi connectivity index (χ1v) is 5.98. The average Bonchev–Trinajstić information content (AvgIpc) is 3.15. The number of nitrogens with zero attached hydrogens (tertiary/aromatic N) is 2. The van der Waals surface area contributed by atoms with Crippen molar-refractivity contribution in [2.45, 2.75) is 19.3 Å². The van der Waals surface area contributed by atoms with Crippen LogP contribution in [0.5, 0.6) is 0 Å². The van der Waals surface area contributed by atoms with Crippen LogP contribution in [0.3, 0.4) is 0 Å². The van der Waals surface area contributed by atoms with Gasteiger partial charge in [0.2, 0.25) is 0 Å². The molecule has 0 spiro atoms. The summed E-state index contributed by atoms with van der Waals surface area (Å²) >= 11 is 0. The highest BCUT2D eigenvalue weighted by molar-refractivity contribution is 5.40. The zero-order valence-electron chi connectivity index (χ0n) is 10.4. The maximum absolute atomic E-state index is 10.5. The fourth-order valence-electron chi connectivity index (χ4n) is 1.89. The fourth-order valence-corrected chi connectivity index (χ4v) is 1.89. The SMILES string of the molecule is COCCC1(CNc2ccc([N+](=O)[O-])cn2)CC1. The third kappa shape index (κ3) is 3.16. The number of rotatable bonds is 7. The van der Waals surface area contributed by atoms with E-state index >= 15 is 0 Å². The van der Waals surface area contributed by atoms with Crippen molar-refractivity contribution in [3.63, 3.8) is 0 Å². The van der Waals surface area contributed by atoms with E-state index in [2.05, 4.69) is 10.3 Å². The lowest BCUT2D eigenvalue weighted by atomic mass is 10.0. The molecule has 6 nitrogen and oxygen atoms in total. The Kier molecular flexibility index (Phi) is 3.76. The van der Waals surface area contributed by atoms with E-state index in [0.29, 0.717) is 11.2 Å². The van der Waals surface area contributed by atoms with Crippen molar-refractivity contribution >= 4 is 11.5 Å². The molecule has 0 aromatic carbocycles. The van der Waals surface area contributed by atoms with E-state index in [0.717, 1.165) is 19.6 Å². The minimum Gasteiger partial charge on any atom is -0.385 e. The van der Waals surface area contributed by atoms with Crippen molar-refractivity contribution < 1.29 is 9.66 Å². The third-order valence-electron chi connectivity index (χ3n) is 3.40. The summed E-state index contributed by atoms with van der Waals surface area (Å²) < 4.78 is 5.09. The van der Waals surface area contributed by atoms with Crippen molar-refractivity contribution in [2.24, 2.45) is 5.41 Å². The lowest BCUT2D eigenvalue weighted by Crippen LogP contribution is -2.17. The molecule has 1 aromatic heterocycles. The van der Waals surface area contributed by atoms with Crippen LogP contribution in [0.2, 0.25) is 0 Å². The first kappa shape index (κ1) is 12.8. The van der Waals surface area contributed by atoms with Crippen LogP contribution < -0.4 is 5.32 Å². The Balaban J connectivity index is 1.85. The summed E-state index contributed by atoms with van der Waals surface area (Å²) in [6.07, 6.45) is 4.73. The van der Waals surface area contributed by atoms with Gasteiger partial charge in [0, 0.05) is 26.3 Å². The first-order chi connectivity index (χ1) is 8.65. The topological polar surface area (TPSA) is 77.3 Å². The zero-order valence-corrected chi connectivity index (χ0v) is 10.4. The smallest absolute Gasteiger partial charge is 0.287 e. The summed E-state index contributed by atoms with van der Waals surface area (Å²) in [4.78, 5) is 14.1. The molecule has 1 heterocycles. The minimum atomic E-state index is -0.447. The van der Waals surface area contributed by atoms with E-state index in [-0.39, 0.29) is 5.69 Å². The molecule has 0 radical (unpaired) electrons. The molecule has 1 aromatic rings. The van der Waals surface area contributed by atoms with Gasteiger partial charge in [0.1, 0.15) is 12.0 Å². The number of methoxy groups -OCH3 is 1. The zero-order chi connectivity index (χ0) is 13.0. The molecule has 6 heteroatoms. The highest BCUT2D eigenvalue weighted by atomic mass is 16.6. The quantitative estimate of drug-likeness (QED) is 0.594. The van der Waals surface area contributed by atoms with Gasteiger partial charge < -0.3 is 10.1 Å². The Morgan fingerprint density at radius 2 is 2.33 bits per heavy atom. The number of nitrogens with one attached hydrogen (secondary N) is 1. The number of ether oxygens (including phenoxy) is 1. The van der Waals surface area contributed by atoms with Gasteiger partial charge in [0.05, 0.1) is 4.92 Å². The number of aromatic nitrogens is 1. The molecule has 2 rings (SSSR count). The van der Waals surface area contributed by atoms with Crippen LogP contribution in [0.15, 0.2) is 18.3 Å². The largest absolute Gasteiger partial charge is 0.385 e.